The summed E-state index contributed by atoms with van der Waals surface area (Å²) >= 11 is 17.7. The van der Waals surface area contributed by atoms with Crippen LogP contribution in [0.2, 0.25) is 5.02 Å². The topological polar surface area (TPSA) is 15.6 Å². The highest BCUT2D eigenvalue weighted by atomic mass is 35.5. The molecule has 2 aromatic rings. The first-order valence-electron chi connectivity index (χ1n) is 7.41. The van der Waals surface area contributed by atoms with E-state index in [1.165, 1.54) is 0 Å². The van der Waals surface area contributed by atoms with Crippen molar-refractivity contribution in [1.29, 1.82) is 0 Å². The van der Waals surface area contributed by atoms with Crippen LogP contribution in [0.4, 0.5) is 11.4 Å². The maximum atomic E-state index is 5.97. The molecule has 0 saturated carbocycles. The summed E-state index contributed by atoms with van der Waals surface area (Å²) in [5, 5.41) is 0.685. The lowest BCUT2D eigenvalue weighted by Gasteiger charge is -2.23. The van der Waals surface area contributed by atoms with Crippen molar-refractivity contribution in [2.45, 2.75) is 6.92 Å². The predicted molar refractivity (Wildman–Crippen MR) is 111 cm³/mol. The van der Waals surface area contributed by atoms with Gasteiger partial charge in [-0.2, -0.15) is 0 Å². The summed E-state index contributed by atoms with van der Waals surface area (Å²) in [6.07, 6.45) is 1.86. The van der Waals surface area contributed by atoms with Gasteiger partial charge in [-0.3, -0.25) is 4.99 Å². The zero-order valence-corrected chi connectivity index (χ0v) is 16.5. The fraction of sp³-hybridized carbons (Fsp3) is 0.278. The number of rotatable bonds is 7. The van der Waals surface area contributed by atoms with E-state index in [4.69, 9.17) is 34.8 Å². The number of hydrogen-bond donors (Lipinski definition) is 0. The summed E-state index contributed by atoms with van der Waals surface area (Å²) < 4.78 is 0. The van der Waals surface area contributed by atoms with Gasteiger partial charge in [0.05, 0.1) is 5.69 Å². The molecule has 2 rings (SSSR count). The van der Waals surface area contributed by atoms with Crippen LogP contribution < -0.4 is 4.90 Å². The van der Waals surface area contributed by atoms with Crippen molar-refractivity contribution >= 4 is 64.8 Å². The van der Waals surface area contributed by atoms with Gasteiger partial charge in [0.15, 0.2) is 0 Å². The fourth-order valence-corrected chi connectivity index (χ4v) is 2.87. The van der Waals surface area contributed by atoms with Gasteiger partial charge in [-0.15, -0.1) is 35.6 Å². The Labute approximate surface area is 164 Å². The van der Waals surface area contributed by atoms with Gasteiger partial charge in [0.25, 0.3) is 0 Å². The Balaban J connectivity index is 0.00000288. The van der Waals surface area contributed by atoms with Crippen molar-refractivity contribution in [3.8, 4) is 0 Å². The van der Waals surface area contributed by atoms with Crippen molar-refractivity contribution in [2.24, 2.45) is 4.99 Å². The third-order valence-corrected chi connectivity index (χ3v) is 4.06. The largest absolute Gasteiger partial charge is 0.369 e. The first kappa shape index (κ1) is 21.1. The van der Waals surface area contributed by atoms with Gasteiger partial charge in [0.1, 0.15) is 0 Å². The lowest BCUT2D eigenvalue weighted by molar-refractivity contribution is 0.873. The molecule has 0 aliphatic rings. The first-order chi connectivity index (χ1) is 11.1. The minimum atomic E-state index is 0. The molecular weight excluding hydrogens is 386 g/mol. The monoisotopic (exact) mass is 404 g/mol. The van der Waals surface area contributed by atoms with E-state index in [0.29, 0.717) is 16.8 Å². The molecule has 0 spiro atoms. The normalized spacial score (nSPS) is 10.7. The van der Waals surface area contributed by atoms with Gasteiger partial charge >= 0.3 is 0 Å². The second-order valence-electron chi connectivity index (χ2n) is 5.14. The Hall–Kier alpha value is -0.930. The van der Waals surface area contributed by atoms with E-state index >= 15 is 0 Å². The Morgan fingerprint density at radius 3 is 2.33 bits per heavy atom. The van der Waals surface area contributed by atoms with Crippen LogP contribution in [0.1, 0.15) is 11.1 Å². The molecule has 0 aliphatic carbocycles. The molecule has 0 heterocycles. The molecule has 6 heteroatoms. The molecule has 0 fully saturated rings. The zero-order valence-electron chi connectivity index (χ0n) is 13.4. The van der Waals surface area contributed by atoms with Crippen molar-refractivity contribution in [2.75, 3.05) is 29.7 Å². The quantitative estimate of drug-likeness (QED) is 0.401. The number of benzene rings is 2. The second-order valence-corrected chi connectivity index (χ2v) is 6.34. The highest BCUT2D eigenvalue weighted by Gasteiger charge is 2.07. The Bertz CT molecular complexity index is 668. The van der Waals surface area contributed by atoms with E-state index in [1.807, 2.05) is 30.5 Å². The summed E-state index contributed by atoms with van der Waals surface area (Å²) in [5.74, 6) is 1.15. The van der Waals surface area contributed by atoms with Crippen LogP contribution in [0.3, 0.4) is 0 Å². The van der Waals surface area contributed by atoms with Crippen molar-refractivity contribution in [1.82, 2.24) is 0 Å². The van der Waals surface area contributed by atoms with E-state index in [2.05, 4.69) is 35.0 Å². The second kappa shape index (κ2) is 10.8. The number of aryl methyl sites for hydroxylation is 1. The smallest absolute Gasteiger partial charge is 0.0644 e. The minimum Gasteiger partial charge on any atom is -0.369 e. The number of hydrogen-bond acceptors (Lipinski definition) is 2. The molecule has 2 aromatic carbocycles. The van der Waals surface area contributed by atoms with Crippen LogP contribution in [0, 0.1) is 6.92 Å². The van der Waals surface area contributed by atoms with Crippen LogP contribution >= 0.6 is 47.2 Å². The van der Waals surface area contributed by atoms with E-state index < -0.39 is 0 Å². The molecule has 0 saturated heterocycles. The van der Waals surface area contributed by atoms with E-state index in [1.54, 1.807) is 0 Å². The van der Waals surface area contributed by atoms with Crippen molar-refractivity contribution < 1.29 is 0 Å². The summed E-state index contributed by atoms with van der Waals surface area (Å²) in [7, 11) is 0. The molecule has 24 heavy (non-hydrogen) atoms. The lowest BCUT2D eigenvalue weighted by atomic mass is 10.1. The summed E-state index contributed by atoms with van der Waals surface area (Å²) in [4.78, 5) is 6.67. The third-order valence-electron chi connectivity index (χ3n) is 3.49. The van der Waals surface area contributed by atoms with E-state index in [9.17, 15) is 0 Å². The molecule has 130 valence electrons. The Kier molecular flexibility index (Phi) is 9.53. The maximum absolute atomic E-state index is 5.97. The van der Waals surface area contributed by atoms with Crippen LogP contribution in [-0.2, 0) is 0 Å². The van der Waals surface area contributed by atoms with Gasteiger partial charge in [-0.1, -0.05) is 23.7 Å². The zero-order chi connectivity index (χ0) is 16.7. The van der Waals surface area contributed by atoms with Crippen LogP contribution in [0.15, 0.2) is 47.5 Å². The number of aliphatic imine (C=N–C) groups is 1. The summed E-state index contributed by atoms with van der Waals surface area (Å²) in [6, 6.07) is 13.8. The maximum Gasteiger partial charge on any atom is 0.0644 e. The number of nitrogens with zero attached hydrogens (tertiary/aromatic N) is 2. The standard InChI is InChI=1S/C18H19Cl3N2.ClH/c1-14-11-18(23(9-7-19)10-8-20)6-5-15(14)13-22-17-4-2-3-16(21)12-17;/h2-6,11-13H,7-10H2,1H3;1H. The molecule has 0 aromatic heterocycles. The number of anilines is 1. The number of halogens is 4. The molecule has 0 bridgehead atoms. The van der Waals surface area contributed by atoms with Gasteiger partial charge in [0, 0.05) is 41.8 Å². The van der Waals surface area contributed by atoms with Crippen LogP contribution in [-0.4, -0.2) is 31.1 Å². The van der Waals surface area contributed by atoms with Crippen LogP contribution in [0.25, 0.3) is 0 Å². The lowest BCUT2D eigenvalue weighted by Crippen LogP contribution is -2.27. The molecule has 0 unspecified atom stereocenters. The first-order valence-corrected chi connectivity index (χ1v) is 8.86. The minimum absolute atomic E-state index is 0. The average molecular weight is 406 g/mol. The van der Waals surface area contributed by atoms with E-state index in [-0.39, 0.29) is 12.4 Å². The Morgan fingerprint density at radius 2 is 1.75 bits per heavy atom. The molecule has 2 nitrogen and oxygen atoms in total. The van der Waals surface area contributed by atoms with Gasteiger partial charge in [-0.25, -0.2) is 0 Å². The average Bonchev–Trinajstić information content (AvgIpc) is 2.53. The highest BCUT2D eigenvalue weighted by molar-refractivity contribution is 6.30. The molecule has 0 atom stereocenters. The molecular formula is C18H20Cl4N2. The molecule has 0 radical (unpaired) electrons. The predicted octanol–water partition coefficient (Wildman–Crippen LogP) is 6.10. The molecule has 0 aliphatic heterocycles. The summed E-state index contributed by atoms with van der Waals surface area (Å²) in [6.45, 7) is 3.63. The SMILES string of the molecule is Cc1cc(N(CCCl)CCCl)ccc1C=Nc1cccc(Cl)c1.Cl. The van der Waals surface area contributed by atoms with Gasteiger partial charge in [-0.05, 0) is 48.4 Å². The fourth-order valence-electron chi connectivity index (χ4n) is 2.28. The molecule has 0 N–H and O–H groups in total. The van der Waals surface area contributed by atoms with Crippen LogP contribution in [0.5, 0.6) is 0 Å². The molecule has 0 amide bonds. The Morgan fingerprint density at radius 1 is 1.04 bits per heavy atom. The summed E-state index contributed by atoms with van der Waals surface area (Å²) in [5.41, 5.74) is 4.20. The third kappa shape index (κ3) is 6.18. The van der Waals surface area contributed by atoms with Crippen molar-refractivity contribution in [3.63, 3.8) is 0 Å². The van der Waals surface area contributed by atoms with Crippen molar-refractivity contribution in [3.05, 3.63) is 58.6 Å². The van der Waals surface area contributed by atoms with Gasteiger partial charge in [0.2, 0.25) is 0 Å². The highest BCUT2D eigenvalue weighted by Crippen LogP contribution is 2.21. The number of alkyl halides is 2. The van der Waals surface area contributed by atoms with Gasteiger partial charge < -0.3 is 4.90 Å². The van der Waals surface area contributed by atoms with E-state index in [0.717, 1.165) is 35.6 Å².